The minimum Gasteiger partial charge on any atom is -0.449 e. The summed E-state index contributed by atoms with van der Waals surface area (Å²) >= 11 is 1.58. The lowest BCUT2D eigenvalue weighted by Crippen LogP contribution is -2.47. The fourth-order valence-electron chi connectivity index (χ4n) is 2.32. The molecule has 0 saturated heterocycles. The molecule has 1 unspecified atom stereocenters. The third-order valence-corrected chi connectivity index (χ3v) is 4.62. The molecule has 132 valence electrons. The van der Waals surface area contributed by atoms with Crippen molar-refractivity contribution < 1.29 is 14.3 Å². The molecule has 0 aliphatic carbocycles. The molecule has 0 spiro atoms. The number of thiophene rings is 1. The van der Waals surface area contributed by atoms with Crippen molar-refractivity contribution in [3.63, 3.8) is 0 Å². The van der Waals surface area contributed by atoms with Crippen LogP contribution in [0.3, 0.4) is 0 Å². The highest BCUT2D eigenvalue weighted by Crippen LogP contribution is 2.26. The predicted octanol–water partition coefficient (Wildman–Crippen LogP) is 3.13. The number of nitrogens with one attached hydrogen (secondary N) is 1. The van der Waals surface area contributed by atoms with Gasteiger partial charge in [0, 0.05) is 18.2 Å². The van der Waals surface area contributed by atoms with E-state index >= 15 is 0 Å². The molecule has 0 aliphatic heterocycles. The Bertz CT molecular complexity index is 794. The molecule has 0 saturated carbocycles. The third-order valence-electron chi connectivity index (χ3n) is 3.60. The van der Waals surface area contributed by atoms with Gasteiger partial charge >= 0.3 is 6.09 Å². The van der Waals surface area contributed by atoms with Gasteiger partial charge in [-0.1, -0.05) is 32.0 Å². The zero-order valence-electron chi connectivity index (χ0n) is 14.5. The SMILES string of the molecule is CC(C)COC(=O)NC(Cc1csc2ccccc12)C(=O)N(C)C#N. The Morgan fingerprint density at radius 3 is 2.76 bits per heavy atom. The van der Waals surface area contributed by atoms with Gasteiger partial charge in [-0.2, -0.15) is 5.26 Å². The van der Waals surface area contributed by atoms with Crippen LogP contribution in [0, 0.1) is 17.4 Å². The van der Waals surface area contributed by atoms with Crippen LogP contribution in [-0.2, 0) is 16.0 Å². The second-order valence-corrected chi connectivity index (χ2v) is 7.06. The maximum atomic E-state index is 12.4. The van der Waals surface area contributed by atoms with Gasteiger partial charge in [0.05, 0.1) is 6.61 Å². The van der Waals surface area contributed by atoms with Gasteiger partial charge in [-0.3, -0.25) is 9.69 Å². The standard InChI is InChI=1S/C18H21N3O3S/c1-12(2)9-24-18(23)20-15(17(22)21(3)11-19)8-13-10-25-16-7-5-4-6-14(13)16/h4-7,10,12,15H,8-9H2,1-3H3,(H,20,23). The van der Waals surface area contributed by atoms with Crippen LogP contribution in [0.25, 0.3) is 10.1 Å². The van der Waals surface area contributed by atoms with E-state index in [2.05, 4.69) is 5.32 Å². The fraction of sp³-hybridized carbons (Fsp3) is 0.389. The first kappa shape index (κ1) is 18.7. The summed E-state index contributed by atoms with van der Waals surface area (Å²) in [5.41, 5.74) is 0.953. The number of carbonyl (C=O) groups excluding carboxylic acids is 2. The molecule has 1 atom stereocenters. The molecule has 1 aromatic carbocycles. The lowest BCUT2D eigenvalue weighted by molar-refractivity contribution is -0.129. The Kier molecular flexibility index (Phi) is 6.37. The predicted molar refractivity (Wildman–Crippen MR) is 97.0 cm³/mol. The van der Waals surface area contributed by atoms with E-state index in [9.17, 15) is 9.59 Å². The number of nitrogens with zero attached hydrogens (tertiary/aromatic N) is 2. The highest BCUT2D eigenvalue weighted by atomic mass is 32.1. The van der Waals surface area contributed by atoms with E-state index in [0.717, 1.165) is 20.5 Å². The van der Waals surface area contributed by atoms with Crippen LogP contribution in [0.15, 0.2) is 29.6 Å². The van der Waals surface area contributed by atoms with Crippen molar-refractivity contribution in [1.82, 2.24) is 10.2 Å². The number of hydrogen-bond acceptors (Lipinski definition) is 5. The molecule has 0 radical (unpaired) electrons. The number of likely N-dealkylation sites (N-methyl/N-ethyl adjacent to an activating group) is 1. The van der Waals surface area contributed by atoms with E-state index in [1.165, 1.54) is 7.05 Å². The van der Waals surface area contributed by atoms with Gasteiger partial charge in [0.2, 0.25) is 0 Å². The highest BCUT2D eigenvalue weighted by molar-refractivity contribution is 7.17. The number of alkyl carbamates (subject to hydrolysis) is 1. The van der Waals surface area contributed by atoms with Gasteiger partial charge in [-0.25, -0.2) is 4.79 Å². The van der Waals surface area contributed by atoms with Crippen molar-refractivity contribution >= 4 is 33.4 Å². The van der Waals surface area contributed by atoms with Gasteiger partial charge in [-0.05, 0) is 28.3 Å². The van der Waals surface area contributed by atoms with Gasteiger partial charge in [0.15, 0.2) is 6.19 Å². The average molecular weight is 359 g/mol. The van der Waals surface area contributed by atoms with Crippen LogP contribution in [0.5, 0.6) is 0 Å². The normalized spacial score (nSPS) is 11.8. The molecule has 25 heavy (non-hydrogen) atoms. The van der Waals surface area contributed by atoms with Crippen molar-refractivity contribution in [2.24, 2.45) is 5.92 Å². The lowest BCUT2D eigenvalue weighted by Gasteiger charge is -2.20. The Hall–Kier alpha value is -2.59. The number of carbonyl (C=O) groups is 2. The topological polar surface area (TPSA) is 82.4 Å². The Morgan fingerprint density at radius 2 is 2.08 bits per heavy atom. The second kappa shape index (κ2) is 8.49. The van der Waals surface area contributed by atoms with Gasteiger partial charge in [0.1, 0.15) is 6.04 Å². The molecule has 0 fully saturated rings. The van der Waals surface area contributed by atoms with E-state index in [0.29, 0.717) is 6.42 Å². The Labute approximate surface area is 151 Å². The molecule has 6 nitrogen and oxygen atoms in total. The molecule has 1 aromatic heterocycles. The molecule has 0 aliphatic rings. The van der Waals surface area contributed by atoms with Crippen LogP contribution in [0.2, 0.25) is 0 Å². The molecule has 7 heteroatoms. The van der Waals surface area contributed by atoms with E-state index in [4.69, 9.17) is 10.00 Å². The number of nitriles is 1. The number of ether oxygens (including phenoxy) is 1. The summed E-state index contributed by atoms with van der Waals surface area (Å²) in [4.78, 5) is 25.3. The molecule has 2 aromatic rings. The summed E-state index contributed by atoms with van der Waals surface area (Å²) in [5.74, 6) is -0.276. The number of rotatable bonds is 6. The molecule has 1 N–H and O–H groups in total. The molecule has 1 heterocycles. The fourth-order valence-corrected chi connectivity index (χ4v) is 3.30. The van der Waals surface area contributed by atoms with E-state index in [1.54, 1.807) is 17.5 Å². The van der Waals surface area contributed by atoms with E-state index in [1.807, 2.05) is 43.5 Å². The molecule has 0 bridgehead atoms. The zero-order chi connectivity index (χ0) is 18.4. The monoisotopic (exact) mass is 359 g/mol. The minimum absolute atomic E-state index is 0.197. The van der Waals surface area contributed by atoms with Crippen LogP contribution in [0.4, 0.5) is 4.79 Å². The van der Waals surface area contributed by atoms with Gasteiger partial charge in [0.25, 0.3) is 5.91 Å². The summed E-state index contributed by atoms with van der Waals surface area (Å²) in [6.45, 7) is 4.12. The summed E-state index contributed by atoms with van der Waals surface area (Å²) in [5, 5.41) is 14.6. The summed E-state index contributed by atoms with van der Waals surface area (Å²) in [6, 6.07) is 7.01. The first-order chi connectivity index (χ1) is 11.9. The van der Waals surface area contributed by atoms with Gasteiger partial charge < -0.3 is 10.1 Å². The minimum atomic E-state index is -0.859. The second-order valence-electron chi connectivity index (χ2n) is 6.15. The number of amides is 2. The summed E-state index contributed by atoms with van der Waals surface area (Å²) in [7, 11) is 1.38. The van der Waals surface area contributed by atoms with Gasteiger partial charge in [-0.15, -0.1) is 11.3 Å². The maximum absolute atomic E-state index is 12.4. The molecular formula is C18H21N3O3S. The van der Waals surface area contributed by atoms with Crippen molar-refractivity contribution in [3.8, 4) is 6.19 Å². The van der Waals surface area contributed by atoms with Crippen molar-refractivity contribution in [3.05, 3.63) is 35.2 Å². The first-order valence-electron chi connectivity index (χ1n) is 7.98. The van der Waals surface area contributed by atoms with Crippen LogP contribution >= 0.6 is 11.3 Å². The average Bonchev–Trinajstić information content (AvgIpc) is 3.01. The molecule has 2 amide bonds. The van der Waals surface area contributed by atoms with Crippen molar-refractivity contribution in [2.75, 3.05) is 13.7 Å². The third kappa shape index (κ3) is 4.94. The Balaban J connectivity index is 2.18. The molecular weight excluding hydrogens is 338 g/mol. The van der Waals surface area contributed by atoms with E-state index in [-0.39, 0.29) is 12.5 Å². The van der Waals surface area contributed by atoms with Crippen LogP contribution in [-0.4, -0.2) is 36.6 Å². The Morgan fingerprint density at radius 1 is 1.36 bits per heavy atom. The number of benzene rings is 1. The number of fused-ring (bicyclic) bond motifs is 1. The number of hydrogen-bond donors (Lipinski definition) is 1. The zero-order valence-corrected chi connectivity index (χ0v) is 15.3. The van der Waals surface area contributed by atoms with E-state index < -0.39 is 18.0 Å². The first-order valence-corrected chi connectivity index (χ1v) is 8.86. The smallest absolute Gasteiger partial charge is 0.407 e. The lowest BCUT2D eigenvalue weighted by atomic mass is 10.0. The molecule has 2 rings (SSSR count). The highest BCUT2D eigenvalue weighted by Gasteiger charge is 2.26. The largest absolute Gasteiger partial charge is 0.449 e. The van der Waals surface area contributed by atoms with Crippen molar-refractivity contribution in [2.45, 2.75) is 26.3 Å². The maximum Gasteiger partial charge on any atom is 0.407 e. The van der Waals surface area contributed by atoms with Crippen LogP contribution in [0.1, 0.15) is 19.4 Å². The summed E-state index contributed by atoms with van der Waals surface area (Å²) in [6.07, 6.45) is 1.42. The summed E-state index contributed by atoms with van der Waals surface area (Å²) < 4.78 is 6.21. The quantitative estimate of drug-likeness (QED) is 0.634. The van der Waals surface area contributed by atoms with Crippen LogP contribution < -0.4 is 5.32 Å². The van der Waals surface area contributed by atoms with Crippen molar-refractivity contribution in [1.29, 1.82) is 5.26 Å².